The quantitative estimate of drug-likeness (QED) is 0.874. The maximum Gasteiger partial charge on any atom is 0.226 e. The fraction of sp³-hybridized carbons (Fsp3) is 0.588. The lowest BCUT2D eigenvalue weighted by atomic mass is 9.88. The molecule has 3 atom stereocenters. The van der Waals surface area contributed by atoms with Gasteiger partial charge in [0.1, 0.15) is 0 Å². The zero-order chi connectivity index (χ0) is 15.2. The van der Waals surface area contributed by atoms with Crippen LogP contribution in [-0.2, 0) is 9.53 Å². The van der Waals surface area contributed by atoms with E-state index in [1.807, 2.05) is 7.05 Å². The maximum atomic E-state index is 12.5. The second kappa shape index (κ2) is 7.57. The molecule has 0 aliphatic carbocycles. The van der Waals surface area contributed by atoms with E-state index in [4.69, 9.17) is 4.74 Å². The average molecular weight is 290 g/mol. The third kappa shape index (κ3) is 4.29. The van der Waals surface area contributed by atoms with Crippen molar-refractivity contribution >= 4 is 5.91 Å². The number of hydrogen-bond donors (Lipinski definition) is 2. The molecule has 0 radical (unpaired) electrons. The highest BCUT2D eigenvalue weighted by molar-refractivity contribution is 5.79. The van der Waals surface area contributed by atoms with Gasteiger partial charge in [-0.15, -0.1) is 0 Å². The summed E-state index contributed by atoms with van der Waals surface area (Å²) >= 11 is 0. The van der Waals surface area contributed by atoms with E-state index in [0.29, 0.717) is 6.54 Å². The van der Waals surface area contributed by atoms with Gasteiger partial charge >= 0.3 is 0 Å². The molecular weight excluding hydrogens is 264 g/mol. The monoisotopic (exact) mass is 290 g/mol. The Labute approximate surface area is 127 Å². The molecule has 1 amide bonds. The van der Waals surface area contributed by atoms with Crippen molar-refractivity contribution in [3.05, 3.63) is 35.4 Å². The minimum absolute atomic E-state index is 0.0921. The molecule has 3 unspecified atom stereocenters. The Hall–Kier alpha value is -1.39. The van der Waals surface area contributed by atoms with Gasteiger partial charge in [-0.3, -0.25) is 4.79 Å². The summed E-state index contributed by atoms with van der Waals surface area (Å²) in [6.07, 6.45) is 1.71. The van der Waals surface area contributed by atoms with Gasteiger partial charge in [0, 0.05) is 19.2 Å². The molecule has 1 fully saturated rings. The van der Waals surface area contributed by atoms with E-state index >= 15 is 0 Å². The molecular formula is C17H26N2O2. The fourth-order valence-corrected chi connectivity index (χ4v) is 2.62. The lowest BCUT2D eigenvalue weighted by Gasteiger charge is -2.31. The van der Waals surface area contributed by atoms with Gasteiger partial charge < -0.3 is 15.4 Å². The van der Waals surface area contributed by atoms with Crippen molar-refractivity contribution in [3.8, 4) is 0 Å². The third-order valence-corrected chi connectivity index (χ3v) is 4.14. The van der Waals surface area contributed by atoms with Crippen LogP contribution in [0.4, 0.5) is 0 Å². The van der Waals surface area contributed by atoms with E-state index in [9.17, 15) is 4.79 Å². The Kier molecular flexibility index (Phi) is 5.76. The smallest absolute Gasteiger partial charge is 0.226 e. The zero-order valence-corrected chi connectivity index (χ0v) is 13.2. The largest absolute Gasteiger partial charge is 0.373 e. The number of nitrogens with one attached hydrogen (secondary N) is 2. The summed E-state index contributed by atoms with van der Waals surface area (Å²) in [6.45, 7) is 5.49. The van der Waals surface area contributed by atoms with E-state index < -0.39 is 0 Å². The Morgan fingerprint density at radius 1 is 1.38 bits per heavy atom. The van der Waals surface area contributed by atoms with Crippen molar-refractivity contribution in [2.24, 2.45) is 5.92 Å². The second-order valence-electron chi connectivity index (χ2n) is 5.89. The van der Waals surface area contributed by atoms with Gasteiger partial charge in [-0.1, -0.05) is 29.8 Å². The van der Waals surface area contributed by atoms with Crippen LogP contribution in [0.15, 0.2) is 24.3 Å². The fourth-order valence-electron chi connectivity index (χ4n) is 2.62. The predicted octanol–water partition coefficient (Wildman–Crippen LogP) is 2.19. The van der Waals surface area contributed by atoms with Crippen molar-refractivity contribution in [2.45, 2.75) is 38.8 Å². The Bertz CT molecular complexity index is 458. The molecule has 4 heteroatoms. The summed E-state index contributed by atoms with van der Waals surface area (Å²) < 4.78 is 5.89. The molecule has 21 heavy (non-hydrogen) atoms. The van der Waals surface area contributed by atoms with E-state index in [2.05, 4.69) is 48.7 Å². The van der Waals surface area contributed by atoms with Crippen LogP contribution in [-0.4, -0.2) is 32.1 Å². The zero-order valence-electron chi connectivity index (χ0n) is 13.2. The number of carbonyl (C=O) groups is 1. The van der Waals surface area contributed by atoms with E-state index in [0.717, 1.165) is 25.0 Å². The first-order valence-electron chi connectivity index (χ1n) is 7.75. The van der Waals surface area contributed by atoms with E-state index in [-0.39, 0.29) is 24.0 Å². The SMILES string of the molecule is CNC(C)CNC(=O)C1CCCOC1c1ccc(C)cc1. The highest BCUT2D eigenvalue weighted by Crippen LogP contribution is 2.33. The third-order valence-electron chi connectivity index (χ3n) is 4.14. The highest BCUT2D eigenvalue weighted by atomic mass is 16.5. The van der Waals surface area contributed by atoms with Gasteiger partial charge in [0.15, 0.2) is 0 Å². The molecule has 2 N–H and O–H groups in total. The lowest BCUT2D eigenvalue weighted by molar-refractivity contribution is -0.134. The minimum atomic E-state index is -0.121. The molecule has 1 aromatic carbocycles. The van der Waals surface area contributed by atoms with Gasteiger partial charge in [0.05, 0.1) is 12.0 Å². The molecule has 1 aliphatic rings. The topological polar surface area (TPSA) is 50.4 Å². The van der Waals surface area contributed by atoms with Crippen LogP contribution in [0.3, 0.4) is 0 Å². The van der Waals surface area contributed by atoms with Crippen LogP contribution in [0.25, 0.3) is 0 Å². The number of amides is 1. The van der Waals surface area contributed by atoms with E-state index in [1.165, 1.54) is 5.56 Å². The lowest BCUT2D eigenvalue weighted by Crippen LogP contribution is -2.42. The van der Waals surface area contributed by atoms with Crippen LogP contribution in [0.2, 0.25) is 0 Å². The van der Waals surface area contributed by atoms with Crippen molar-refractivity contribution < 1.29 is 9.53 Å². The number of rotatable bonds is 5. The highest BCUT2D eigenvalue weighted by Gasteiger charge is 2.32. The number of likely N-dealkylation sites (N-methyl/N-ethyl adjacent to an activating group) is 1. The molecule has 1 saturated heterocycles. The number of ether oxygens (including phenoxy) is 1. The molecule has 0 saturated carbocycles. The summed E-state index contributed by atoms with van der Waals surface area (Å²) in [4.78, 5) is 12.5. The van der Waals surface area contributed by atoms with Crippen molar-refractivity contribution in [1.29, 1.82) is 0 Å². The Morgan fingerprint density at radius 2 is 2.10 bits per heavy atom. The van der Waals surface area contributed by atoms with Crippen LogP contribution in [0, 0.1) is 12.8 Å². The second-order valence-corrected chi connectivity index (χ2v) is 5.89. The molecule has 0 spiro atoms. The van der Waals surface area contributed by atoms with Crippen molar-refractivity contribution in [2.75, 3.05) is 20.2 Å². The summed E-state index contributed by atoms with van der Waals surface area (Å²) in [5, 5.41) is 6.16. The predicted molar refractivity (Wildman–Crippen MR) is 84.1 cm³/mol. The van der Waals surface area contributed by atoms with Crippen LogP contribution < -0.4 is 10.6 Å². The van der Waals surface area contributed by atoms with Gasteiger partial charge in [-0.25, -0.2) is 0 Å². The Morgan fingerprint density at radius 3 is 2.76 bits per heavy atom. The molecule has 116 valence electrons. The standard InChI is InChI=1S/C17H26N2O2/c1-12-6-8-14(9-7-12)16-15(5-4-10-21-16)17(20)19-11-13(2)18-3/h6-9,13,15-16,18H,4-5,10-11H2,1-3H3,(H,19,20). The molecule has 0 bridgehead atoms. The van der Waals surface area contributed by atoms with Crippen LogP contribution >= 0.6 is 0 Å². The molecule has 2 rings (SSSR count). The normalized spacial score (nSPS) is 23.6. The van der Waals surface area contributed by atoms with E-state index in [1.54, 1.807) is 0 Å². The maximum absolute atomic E-state index is 12.5. The first-order chi connectivity index (χ1) is 10.1. The summed E-state index contributed by atoms with van der Waals surface area (Å²) in [6, 6.07) is 8.57. The molecule has 1 aromatic rings. The van der Waals surface area contributed by atoms with Crippen molar-refractivity contribution in [1.82, 2.24) is 10.6 Å². The number of aryl methyl sites for hydroxylation is 1. The average Bonchev–Trinajstić information content (AvgIpc) is 2.53. The van der Waals surface area contributed by atoms with Gasteiger partial charge in [-0.05, 0) is 39.3 Å². The van der Waals surface area contributed by atoms with Gasteiger partial charge in [-0.2, -0.15) is 0 Å². The summed E-state index contributed by atoms with van der Waals surface area (Å²) in [5.41, 5.74) is 2.32. The molecule has 1 aliphatic heterocycles. The van der Waals surface area contributed by atoms with Gasteiger partial charge in [0.2, 0.25) is 5.91 Å². The molecule has 0 aromatic heterocycles. The summed E-state index contributed by atoms with van der Waals surface area (Å²) in [5.74, 6) is 0.00730. The van der Waals surface area contributed by atoms with Crippen molar-refractivity contribution in [3.63, 3.8) is 0 Å². The first-order valence-corrected chi connectivity index (χ1v) is 7.75. The molecule has 4 nitrogen and oxygen atoms in total. The molecule has 1 heterocycles. The van der Waals surface area contributed by atoms with Crippen LogP contribution in [0.1, 0.15) is 37.0 Å². The minimum Gasteiger partial charge on any atom is -0.373 e. The summed E-state index contributed by atoms with van der Waals surface area (Å²) in [7, 11) is 1.90. The number of carbonyl (C=O) groups excluding carboxylic acids is 1. The Balaban J connectivity index is 2.04. The first kappa shape index (κ1) is 16.0. The van der Waals surface area contributed by atoms with Gasteiger partial charge in [0.25, 0.3) is 0 Å². The number of hydrogen-bond acceptors (Lipinski definition) is 3. The van der Waals surface area contributed by atoms with Crippen LogP contribution in [0.5, 0.6) is 0 Å². The number of benzene rings is 1.